The van der Waals surface area contributed by atoms with E-state index >= 15 is 0 Å². The van der Waals surface area contributed by atoms with Crippen molar-refractivity contribution in [1.82, 2.24) is 19.9 Å². The predicted octanol–water partition coefficient (Wildman–Crippen LogP) is 4.14. The van der Waals surface area contributed by atoms with Crippen LogP contribution in [0, 0.1) is 6.92 Å². The maximum absolute atomic E-state index is 9.12. The van der Waals surface area contributed by atoms with E-state index in [-0.39, 0.29) is 6.61 Å². The lowest BCUT2D eigenvalue weighted by atomic mass is 10.3. The van der Waals surface area contributed by atoms with E-state index in [1.165, 1.54) is 0 Å². The monoisotopic (exact) mass is 474 g/mol. The van der Waals surface area contributed by atoms with Crippen LogP contribution in [-0.4, -0.2) is 64.3 Å². The topological polar surface area (TPSA) is 86.6 Å². The number of nitrogens with zero attached hydrogens (tertiary/aromatic N) is 5. The smallest absolute Gasteiger partial charge is 0.232 e. The Kier molecular flexibility index (Phi) is 7.26. The number of β-amino-alcohol motifs (C(OH)–C–C–N with tert-alkyl or cyclic N) is 1. The van der Waals surface area contributed by atoms with Crippen LogP contribution in [-0.2, 0) is 0 Å². The second-order valence-corrected chi connectivity index (χ2v) is 8.23. The molecule has 4 rings (SSSR count). The Balaban J connectivity index is 1.44. The number of anilines is 3. The molecule has 1 aliphatic rings. The van der Waals surface area contributed by atoms with Gasteiger partial charge >= 0.3 is 0 Å². The third-order valence-corrected chi connectivity index (χ3v) is 5.58. The molecule has 0 radical (unpaired) electrons. The van der Waals surface area contributed by atoms with Gasteiger partial charge in [0.25, 0.3) is 0 Å². The fourth-order valence-corrected chi connectivity index (χ4v) is 3.74. The van der Waals surface area contributed by atoms with Crippen molar-refractivity contribution in [2.45, 2.75) is 6.92 Å². The summed E-state index contributed by atoms with van der Waals surface area (Å²) in [5.74, 6) is 2.90. The van der Waals surface area contributed by atoms with Crippen molar-refractivity contribution < 1.29 is 9.84 Å². The van der Waals surface area contributed by atoms with E-state index in [0.717, 1.165) is 31.9 Å². The molecule has 1 aromatic heterocycles. The highest BCUT2D eigenvalue weighted by Gasteiger charge is 2.19. The maximum atomic E-state index is 9.12. The molecule has 32 heavy (non-hydrogen) atoms. The molecule has 0 unspecified atom stereocenters. The highest BCUT2D eigenvalue weighted by Crippen LogP contribution is 2.32. The van der Waals surface area contributed by atoms with Crippen molar-refractivity contribution >= 4 is 40.8 Å². The molecule has 2 heterocycles. The molecular formula is C22H24Cl2N6O2. The van der Waals surface area contributed by atoms with Gasteiger partial charge in [-0.25, -0.2) is 0 Å². The number of aliphatic hydroxyl groups is 1. The van der Waals surface area contributed by atoms with E-state index in [4.69, 9.17) is 33.0 Å². The average Bonchev–Trinajstić information content (AvgIpc) is 2.77. The zero-order valence-electron chi connectivity index (χ0n) is 17.6. The molecule has 0 saturated carbocycles. The molecule has 2 N–H and O–H groups in total. The molecular weight excluding hydrogens is 451 g/mol. The number of aromatic nitrogens is 3. The van der Waals surface area contributed by atoms with Crippen molar-refractivity contribution in [2.75, 3.05) is 49.5 Å². The predicted molar refractivity (Wildman–Crippen MR) is 127 cm³/mol. The molecule has 0 atom stereocenters. The van der Waals surface area contributed by atoms with Crippen molar-refractivity contribution in [2.24, 2.45) is 0 Å². The molecule has 0 bridgehead atoms. The summed E-state index contributed by atoms with van der Waals surface area (Å²) in [6, 6.07) is 12.5. The van der Waals surface area contributed by atoms with E-state index in [1.807, 2.05) is 13.0 Å². The second kappa shape index (κ2) is 10.3. The standard InChI is InChI=1S/C22H24Cl2N6O2/c1-15-25-21(28-22(26-15)30-10-8-29(9-11-30)12-13-31)27-17-4-7-20(19(24)14-17)32-18-5-2-16(23)3-6-18/h2-7,14,31H,8-13H2,1H3,(H,25,26,27,28). The molecule has 10 heteroatoms. The van der Waals surface area contributed by atoms with Gasteiger partial charge in [-0.05, 0) is 49.4 Å². The molecule has 8 nitrogen and oxygen atoms in total. The van der Waals surface area contributed by atoms with E-state index in [2.05, 4.69) is 30.1 Å². The summed E-state index contributed by atoms with van der Waals surface area (Å²) in [7, 11) is 0. The Hall–Kier alpha value is -2.65. The molecule has 1 fully saturated rings. The Bertz CT molecular complexity index is 1060. The minimum atomic E-state index is 0.172. The van der Waals surface area contributed by atoms with Crippen LogP contribution in [0.25, 0.3) is 0 Å². The Morgan fingerprint density at radius 2 is 1.75 bits per heavy atom. The summed E-state index contributed by atoms with van der Waals surface area (Å²) in [6.07, 6.45) is 0. The van der Waals surface area contributed by atoms with Gasteiger partial charge in [0.2, 0.25) is 11.9 Å². The van der Waals surface area contributed by atoms with Crippen LogP contribution in [0.5, 0.6) is 11.5 Å². The number of rotatable bonds is 7. The number of hydrogen-bond acceptors (Lipinski definition) is 8. The Morgan fingerprint density at radius 1 is 1.00 bits per heavy atom. The van der Waals surface area contributed by atoms with Gasteiger partial charge in [0, 0.05) is 43.4 Å². The van der Waals surface area contributed by atoms with E-state index in [0.29, 0.717) is 45.8 Å². The minimum Gasteiger partial charge on any atom is -0.456 e. The number of piperazine rings is 1. The van der Waals surface area contributed by atoms with Gasteiger partial charge in [-0.3, -0.25) is 4.90 Å². The second-order valence-electron chi connectivity index (χ2n) is 7.38. The highest BCUT2D eigenvalue weighted by atomic mass is 35.5. The first-order chi connectivity index (χ1) is 15.5. The summed E-state index contributed by atoms with van der Waals surface area (Å²) in [5, 5.41) is 13.4. The molecule has 0 spiro atoms. The third kappa shape index (κ3) is 5.77. The number of aryl methyl sites for hydroxylation is 1. The van der Waals surface area contributed by atoms with Crippen LogP contribution < -0.4 is 15.0 Å². The van der Waals surface area contributed by atoms with Crippen molar-refractivity contribution in [1.29, 1.82) is 0 Å². The van der Waals surface area contributed by atoms with Crippen molar-refractivity contribution in [3.05, 3.63) is 58.3 Å². The van der Waals surface area contributed by atoms with Gasteiger partial charge in [0.15, 0.2) is 0 Å². The summed E-state index contributed by atoms with van der Waals surface area (Å²) in [6.45, 7) is 6.02. The van der Waals surface area contributed by atoms with Crippen LogP contribution in [0.3, 0.4) is 0 Å². The first-order valence-electron chi connectivity index (χ1n) is 10.3. The van der Waals surface area contributed by atoms with Gasteiger partial charge in [0.1, 0.15) is 17.3 Å². The summed E-state index contributed by atoms with van der Waals surface area (Å²) in [5.41, 5.74) is 0.739. The number of nitrogens with one attached hydrogen (secondary N) is 1. The van der Waals surface area contributed by atoms with Crippen molar-refractivity contribution in [3.63, 3.8) is 0 Å². The quantitative estimate of drug-likeness (QED) is 0.528. The number of benzene rings is 2. The molecule has 2 aromatic carbocycles. The van der Waals surface area contributed by atoms with Gasteiger partial charge in [0.05, 0.1) is 11.6 Å². The number of hydrogen-bond donors (Lipinski definition) is 2. The van der Waals surface area contributed by atoms with Gasteiger partial charge in [-0.2, -0.15) is 15.0 Å². The lowest BCUT2D eigenvalue weighted by molar-refractivity contribution is 0.188. The van der Waals surface area contributed by atoms with Crippen LogP contribution in [0.15, 0.2) is 42.5 Å². The average molecular weight is 475 g/mol. The van der Waals surface area contributed by atoms with E-state index < -0.39 is 0 Å². The van der Waals surface area contributed by atoms with Crippen molar-refractivity contribution in [3.8, 4) is 11.5 Å². The Labute approximate surface area is 196 Å². The number of aliphatic hydroxyl groups excluding tert-OH is 1. The number of halogens is 2. The molecule has 1 saturated heterocycles. The van der Waals surface area contributed by atoms with Crippen LogP contribution >= 0.6 is 23.2 Å². The van der Waals surface area contributed by atoms with E-state index in [9.17, 15) is 0 Å². The molecule has 0 amide bonds. The zero-order valence-corrected chi connectivity index (χ0v) is 19.1. The molecule has 1 aliphatic heterocycles. The first-order valence-corrected chi connectivity index (χ1v) is 11.1. The SMILES string of the molecule is Cc1nc(Nc2ccc(Oc3ccc(Cl)cc3)c(Cl)c2)nc(N2CCN(CCO)CC2)n1. The minimum absolute atomic E-state index is 0.172. The Morgan fingerprint density at radius 3 is 2.44 bits per heavy atom. The lowest BCUT2D eigenvalue weighted by Crippen LogP contribution is -2.47. The normalized spacial score (nSPS) is 14.4. The van der Waals surface area contributed by atoms with Crippen LogP contribution in [0.2, 0.25) is 10.0 Å². The fourth-order valence-electron chi connectivity index (χ4n) is 3.40. The van der Waals surface area contributed by atoms with Gasteiger partial charge < -0.3 is 20.1 Å². The zero-order chi connectivity index (χ0) is 22.5. The fraction of sp³-hybridized carbons (Fsp3) is 0.318. The van der Waals surface area contributed by atoms with Crippen LogP contribution in [0.4, 0.5) is 17.6 Å². The first kappa shape index (κ1) is 22.5. The van der Waals surface area contributed by atoms with Crippen LogP contribution in [0.1, 0.15) is 5.82 Å². The number of ether oxygens (including phenoxy) is 1. The molecule has 0 aliphatic carbocycles. The summed E-state index contributed by atoms with van der Waals surface area (Å²) in [4.78, 5) is 17.8. The summed E-state index contributed by atoms with van der Waals surface area (Å²) >= 11 is 12.3. The van der Waals surface area contributed by atoms with Gasteiger partial charge in [-0.1, -0.05) is 23.2 Å². The summed E-state index contributed by atoms with van der Waals surface area (Å²) < 4.78 is 5.83. The maximum Gasteiger partial charge on any atom is 0.232 e. The largest absolute Gasteiger partial charge is 0.456 e. The third-order valence-electron chi connectivity index (χ3n) is 5.04. The van der Waals surface area contributed by atoms with Gasteiger partial charge in [-0.15, -0.1) is 0 Å². The molecule has 168 valence electrons. The molecule has 3 aromatic rings. The lowest BCUT2D eigenvalue weighted by Gasteiger charge is -2.34. The highest BCUT2D eigenvalue weighted by molar-refractivity contribution is 6.32. The van der Waals surface area contributed by atoms with E-state index in [1.54, 1.807) is 36.4 Å².